The quantitative estimate of drug-likeness (QED) is 0.151. The number of para-hydroxylation sites is 1. The van der Waals surface area contributed by atoms with Crippen LogP contribution in [0.2, 0.25) is 0 Å². The van der Waals surface area contributed by atoms with E-state index in [2.05, 4.69) is 43.0 Å². The largest absolute Gasteiger partial charge is 0.457 e. The fourth-order valence-electron chi connectivity index (χ4n) is 4.15. The van der Waals surface area contributed by atoms with E-state index in [4.69, 9.17) is 19.5 Å². The third kappa shape index (κ3) is 5.29. The Kier molecular flexibility index (Phi) is 7.21. The lowest BCUT2D eigenvalue weighted by Gasteiger charge is -2.33. The van der Waals surface area contributed by atoms with Gasteiger partial charge >= 0.3 is 5.97 Å². The van der Waals surface area contributed by atoms with Crippen LogP contribution in [0.15, 0.2) is 56.8 Å². The molecule has 4 aromatic rings. The highest BCUT2D eigenvalue weighted by Crippen LogP contribution is 2.23. The van der Waals surface area contributed by atoms with Gasteiger partial charge in [-0.15, -0.1) is 5.10 Å². The number of carbonyl (C=O) groups is 2. The molecule has 5 rings (SSSR count). The molecular formula is C24H25N9O5. The van der Waals surface area contributed by atoms with Crippen molar-refractivity contribution < 1.29 is 23.4 Å². The summed E-state index contributed by atoms with van der Waals surface area (Å²) in [5, 5.41) is 19.6. The first-order valence-electron chi connectivity index (χ1n) is 12.0. The van der Waals surface area contributed by atoms with Gasteiger partial charge in [0.05, 0.1) is 18.2 Å². The number of nitrogens with one attached hydrogen (secondary N) is 1. The van der Waals surface area contributed by atoms with Crippen LogP contribution in [0.1, 0.15) is 58.5 Å². The number of ether oxygens (including phenoxy) is 1. The van der Waals surface area contributed by atoms with Gasteiger partial charge in [-0.2, -0.15) is 9.78 Å². The van der Waals surface area contributed by atoms with Gasteiger partial charge in [-0.05, 0) is 60.9 Å². The molecule has 0 bridgehead atoms. The van der Waals surface area contributed by atoms with Gasteiger partial charge in [0.25, 0.3) is 5.91 Å². The number of aromatic nitrogens is 5. The van der Waals surface area contributed by atoms with Crippen molar-refractivity contribution in [2.45, 2.75) is 38.8 Å². The van der Waals surface area contributed by atoms with E-state index >= 15 is 0 Å². The Morgan fingerprint density at radius 2 is 2.11 bits per heavy atom. The molecule has 1 atom stereocenters. The van der Waals surface area contributed by atoms with Crippen LogP contribution >= 0.6 is 0 Å². The van der Waals surface area contributed by atoms with E-state index < -0.39 is 11.9 Å². The highest BCUT2D eigenvalue weighted by Gasteiger charge is 2.28. The highest BCUT2D eigenvalue weighted by atomic mass is 16.6. The Hall–Kier alpha value is -4.85. The zero-order valence-electron chi connectivity index (χ0n) is 20.5. The molecule has 1 fully saturated rings. The minimum absolute atomic E-state index is 0.0218. The topological polar surface area (TPSA) is 180 Å². The van der Waals surface area contributed by atoms with E-state index in [0.29, 0.717) is 23.8 Å². The predicted molar refractivity (Wildman–Crippen MR) is 133 cm³/mol. The normalized spacial score (nSPS) is 16.1. The van der Waals surface area contributed by atoms with Gasteiger partial charge in [0, 0.05) is 18.2 Å². The predicted octanol–water partition coefficient (Wildman–Crippen LogP) is 2.18. The SMILES string of the molecule is C[C@H]1CCCCN1Cc1c(C(=O)N/N=C/c2ccccc2OC(=O)c2ccco2)nnn1-c1nonc1N. The second kappa shape index (κ2) is 11.0. The number of hydrazone groups is 1. The Balaban J connectivity index is 1.35. The van der Waals surface area contributed by atoms with Crippen molar-refractivity contribution in [2.24, 2.45) is 5.10 Å². The highest BCUT2D eigenvalue weighted by molar-refractivity contribution is 5.95. The molecule has 0 aliphatic carbocycles. The minimum atomic E-state index is -0.658. The molecule has 4 heterocycles. The summed E-state index contributed by atoms with van der Waals surface area (Å²) in [6.45, 7) is 3.39. The molecule has 0 unspecified atom stereocenters. The molecule has 196 valence electrons. The summed E-state index contributed by atoms with van der Waals surface area (Å²) in [6.07, 6.45) is 5.98. The van der Waals surface area contributed by atoms with E-state index in [0.717, 1.165) is 25.8 Å². The lowest BCUT2D eigenvalue weighted by molar-refractivity contribution is 0.0700. The van der Waals surface area contributed by atoms with Crippen LogP contribution in [0.5, 0.6) is 5.75 Å². The molecule has 1 amide bonds. The molecule has 1 saturated heterocycles. The molecule has 0 saturated carbocycles. The van der Waals surface area contributed by atoms with E-state index in [1.165, 1.54) is 23.2 Å². The van der Waals surface area contributed by atoms with Gasteiger partial charge in [0.2, 0.25) is 17.4 Å². The fourth-order valence-corrected chi connectivity index (χ4v) is 4.15. The standard InChI is InChI=1S/C24H25N9O5/c1-15-7-4-5-11-32(15)14-17-20(27-31-33(17)22-21(25)29-38-30-22)23(34)28-26-13-16-8-2-3-9-18(16)37-24(35)19-10-6-12-36-19/h2-3,6,8-10,12-13,15H,4-5,7,11,14H2,1H3,(H2,25,29)(H,28,34)/b26-13+/t15-/m0/s1. The molecule has 0 radical (unpaired) electrons. The summed E-state index contributed by atoms with van der Waals surface area (Å²) in [6, 6.07) is 10.1. The van der Waals surface area contributed by atoms with Crippen molar-refractivity contribution in [2.75, 3.05) is 12.3 Å². The number of benzene rings is 1. The van der Waals surface area contributed by atoms with Crippen LogP contribution in [-0.4, -0.2) is 60.9 Å². The second-order valence-electron chi connectivity index (χ2n) is 8.69. The van der Waals surface area contributed by atoms with Crippen LogP contribution in [0, 0.1) is 0 Å². The minimum Gasteiger partial charge on any atom is -0.457 e. The first-order chi connectivity index (χ1) is 18.5. The van der Waals surface area contributed by atoms with Crippen molar-refractivity contribution in [1.82, 2.24) is 35.6 Å². The molecule has 1 aliphatic heterocycles. The van der Waals surface area contributed by atoms with Crippen molar-refractivity contribution >= 4 is 23.9 Å². The number of piperidine rings is 1. The molecule has 3 aromatic heterocycles. The lowest BCUT2D eigenvalue weighted by Crippen LogP contribution is -2.38. The number of furan rings is 1. The summed E-state index contributed by atoms with van der Waals surface area (Å²) < 4.78 is 16.5. The number of anilines is 1. The van der Waals surface area contributed by atoms with E-state index in [9.17, 15) is 9.59 Å². The van der Waals surface area contributed by atoms with Crippen LogP contribution in [0.4, 0.5) is 5.82 Å². The molecule has 14 heteroatoms. The molecule has 38 heavy (non-hydrogen) atoms. The number of hydrogen-bond acceptors (Lipinski definition) is 12. The number of nitrogen functional groups attached to an aromatic ring is 1. The lowest BCUT2D eigenvalue weighted by atomic mass is 10.0. The molecule has 0 spiro atoms. The third-order valence-corrected chi connectivity index (χ3v) is 6.18. The van der Waals surface area contributed by atoms with Crippen LogP contribution in [-0.2, 0) is 6.54 Å². The molecule has 14 nitrogen and oxygen atoms in total. The average molecular weight is 520 g/mol. The maximum atomic E-state index is 13.1. The first kappa shape index (κ1) is 24.8. The maximum absolute atomic E-state index is 13.1. The summed E-state index contributed by atoms with van der Waals surface area (Å²) >= 11 is 0. The van der Waals surface area contributed by atoms with Gasteiger partial charge in [0.1, 0.15) is 5.75 Å². The Labute approximate surface area is 216 Å². The molecular weight excluding hydrogens is 494 g/mol. The number of esters is 1. The summed E-state index contributed by atoms with van der Waals surface area (Å²) in [7, 11) is 0. The summed E-state index contributed by atoms with van der Waals surface area (Å²) in [4.78, 5) is 27.6. The van der Waals surface area contributed by atoms with Crippen molar-refractivity contribution in [1.29, 1.82) is 0 Å². The summed E-state index contributed by atoms with van der Waals surface area (Å²) in [5.41, 5.74) is 9.33. The number of hydrogen-bond donors (Lipinski definition) is 2. The van der Waals surface area contributed by atoms with Gasteiger partial charge < -0.3 is 14.9 Å². The van der Waals surface area contributed by atoms with E-state index in [1.54, 1.807) is 30.3 Å². The zero-order valence-corrected chi connectivity index (χ0v) is 20.5. The number of amides is 1. The smallest absolute Gasteiger partial charge is 0.379 e. The van der Waals surface area contributed by atoms with Gasteiger partial charge in [0.15, 0.2) is 5.69 Å². The number of rotatable bonds is 8. The number of nitrogens with two attached hydrogens (primary N) is 1. The van der Waals surface area contributed by atoms with E-state index in [1.807, 2.05) is 0 Å². The Bertz CT molecular complexity index is 1440. The summed E-state index contributed by atoms with van der Waals surface area (Å²) in [5.74, 6) is -0.777. The average Bonchev–Trinajstić information content (AvgIpc) is 3.68. The molecule has 1 aliphatic rings. The van der Waals surface area contributed by atoms with Crippen molar-refractivity contribution in [3.05, 3.63) is 65.4 Å². The van der Waals surface area contributed by atoms with Crippen LogP contribution in [0.25, 0.3) is 5.82 Å². The first-order valence-corrected chi connectivity index (χ1v) is 12.0. The van der Waals surface area contributed by atoms with E-state index in [-0.39, 0.29) is 28.8 Å². The van der Waals surface area contributed by atoms with Crippen LogP contribution < -0.4 is 15.9 Å². The Morgan fingerprint density at radius 1 is 1.24 bits per heavy atom. The number of nitrogens with zero attached hydrogens (tertiary/aromatic N) is 7. The van der Waals surface area contributed by atoms with Gasteiger partial charge in [-0.3, -0.25) is 9.69 Å². The van der Waals surface area contributed by atoms with Gasteiger partial charge in [-0.25, -0.2) is 14.8 Å². The van der Waals surface area contributed by atoms with Crippen LogP contribution in [0.3, 0.4) is 0 Å². The Morgan fingerprint density at radius 3 is 2.87 bits per heavy atom. The third-order valence-electron chi connectivity index (χ3n) is 6.18. The molecule has 1 aromatic carbocycles. The number of carbonyl (C=O) groups excluding carboxylic acids is 2. The fraction of sp³-hybridized carbons (Fsp3) is 0.292. The monoisotopic (exact) mass is 519 g/mol. The zero-order chi connectivity index (χ0) is 26.5. The van der Waals surface area contributed by atoms with Crippen molar-refractivity contribution in [3.63, 3.8) is 0 Å². The second-order valence-corrected chi connectivity index (χ2v) is 8.69. The number of likely N-dealkylation sites (tertiary alicyclic amines) is 1. The van der Waals surface area contributed by atoms with Gasteiger partial charge in [-0.1, -0.05) is 23.8 Å². The maximum Gasteiger partial charge on any atom is 0.379 e. The van der Waals surface area contributed by atoms with Crippen molar-refractivity contribution in [3.8, 4) is 11.6 Å². The molecule has 3 N–H and O–H groups in total.